The summed E-state index contributed by atoms with van der Waals surface area (Å²) in [6.07, 6.45) is 16.4. The molecule has 0 bridgehead atoms. The van der Waals surface area contributed by atoms with Gasteiger partial charge in [0, 0.05) is 6.61 Å². The number of likely N-dealkylation sites (tertiary alicyclic amines) is 1. The number of aliphatic hydroxyl groups is 1. The van der Waals surface area contributed by atoms with E-state index in [1.54, 1.807) is 0 Å². The quantitative estimate of drug-likeness (QED) is 0.217. The lowest BCUT2D eigenvalue weighted by Gasteiger charge is -2.27. The largest absolute Gasteiger partial charge is 0.396 e. The van der Waals surface area contributed by atoms with Crippen LogP contribution in [0.15, 0.2) is 0 Å². The Bertz CT molecular complexity index is 603. The molecule has 0 saturated carbocycles. The number of unbranched alkanes of at least 4 members (excludes halogenated alkanes) is 1. The summed E-state index contributed by atoms with van der Waals surface area (Å²) in [6.45, 7) is 42.5. The van der Waals surface area contributed by atoms with Crippen molar-refractivity contribution < 1.29 is 5.11 Å². The number of piperidine rings is 1. The summed E-state index contributed by atoms with van der Waals surface area (Å²) in [5.41, 5.74) is 2.19. The van der Waals surface area contributed by atoms with Crippen LogP contribution in [-0.4, -0.2) is 75.4 Å². The summed E-state index contributed by atoms with van der Waals surface area (Å²) >= 11 is 0. The van der Waals surface area contributed by atoms with E-state index >= 15 is 0 Å². The van der Waals surface area contributed by atoms with Crippen molar-refractivity contribution in [1.29, 1.82) is 0 Å². The molecule has 0 unspecified atom stereocenters. The minimum Gasteiger partial charge on any atom is -0.396 e. The molecule has 46 heavy (non-hydrogen) atoms. The molecule has 0 aromatic carbocycles. The van der Waals surface area contributed by atoms with Gasteiger partial charge in [-0.05, 0) is 139 Å². The van der Waals surface area contributed by atoms with Crippen molar-refractivity contribution in [2.24, 2.45) is 27.1 Å². The van der Waals surface area contributed by atoms with Crippen LogP contribution < -0.4 is 5.32 Å². The Kier molecular flexibility index (Phi) is 32.8. The smallest absolute Gasteiger partial charge is 0.0479 e. The van der Waals surface area contributed by atoms with Gasteiger partial charge in [-0.25, -0.2) is 0 Å². The van der Waals surface area contributed by atoms with Gasteiger partial charge in [-0.2, -0.15) is 0 Å². The molecular formula is C42H95N3O. The van der Waals surface area contributed by atoms with Crippen LogP contribution in [0.1, 0.15) is 188 Å². The Hall–Kier alpha value is -0.160. The van der Waals surface area contributed by atoms with Crippen molar-refractivity contribution in [3.05, 3.63) is 0 Å². The van der Waals surface area contributed by atoms with E-state index in [1.807, 2.05) is 27.8 Å². The Balaban J connectivity index is -0.000000246. The Morgan fingerprint density at radius 3 is 1.24 bits per heavy atom. The second-order valence-corrected chi connectivity index (χ2v) is 20.2. The number of hydrogen-bond acceptors (Lipinski definition) is 4. The molecule has 1 aliphatic rings. The van der Waals surface area contributed by atoms with Crippen LogP contribution in [0.4, 0.5) is 0 Å². The first kappa shape index (κ1) is 52.6. The lowest BCUT2D eigenvalue weighted by Crippen LogP contribution is -2.31. The lowest BCUT2D eigenvalue weighted by atomic mass is 9.90. The first-order valence-electron chi connectivity index (χ1n) is 19.3. The fraction of sp³-hybridized carbons (Fsp3) is 1.00. The molecular weight excluding hydrogens is 562 g/mol. The van der Waals surface area contributed by atoms with Crippen molar-refractivity contribution in [3.8, 4) is 0 Å². The molecule has 4 heteroatoms. The monoisotopic (exact) mass is 658 g/mol. The lowest BCUT2D eigenvalue weighted by molar-refractivity contribution is 0.177. The summed E-state index contributed by atoms with van der Waals surface area (Å²) in [5.74, 6) is 0. The van der Waals surface area contributed by atoms with Gasteiger partial charge in [0.2, 0.25) is 0 Å². The highest BCUT2D eigenvalue weighted by Crippen LogP contribution is 2.22. The molecule has 0 aliphatic carbocycles. The van der Waals surface area contributed by atoms with Gasteiger partial charge in [0.25, 0.3) is 0 Å². The average Bonchev–Trinajstić information content (AvgIpc) is 2.86. The third-order valence-corrected chi connectivity index (χ3v) is 7.49. The Morgan fingerprint density at radius 2 is 0.935 bits per heavy atom. The zero-order valence-electron chi connectivity index (χ0n) is 36.1. The van der Waals surface area contributed by atoms with Crippen molar-refractivity contribution in [3.63, 3.8) is 0 Å². The molecule has 0 aromatic heterocycles. The second-order valence-electron chi connectivity index (χ2n) is 20.2. The zero-order valence-corrected chi connectivity index (χ0v) is 36.1. The number of nitrogens with zero attached hydrogens (tertiary/aromatic N) is 2. The summed E-state index contributed by atoms with van der Waals surface area (Å²) in [6, 6.07) is 0. The molecule has 0 amide bonds. The van der Waals surface area contributed by atoms with Gasteiger partial charge >= 0.3 is 0 Å². The minimum absolute atomic E-state index is 0.0972. The van der Waals surface area contributed by atoms with E-state index in [0.717, 1.165) is 6.54 Å². The van der Waals surface area contributed by atoms with Gasteiger partial charge in [0.1, 0.15) is 0 Å². The molecule has 2 N–H and O–H groups in total. The Labute approximate surface area is 295 Å². The first-order chi connectivity index (χ1) is 20.7. The summed E-state index contributed by atoms with van der Waals surface area (Å²) in [5, 5.41) is 11.5. The van der Waals surface area contributed by atoms with Gasteiger partial charge in [-0.15, -0.1) is 0 Å². The van der Waals surface area contributed by atoms with Crippen LogP contribution in [0.3, 0.4) is 0 Å². The normalized spacial score (nSPS) is 14.5. The van der Waals surface area contributed by atoms with Gasteiger partial charge < -0.3 is 20.2 Å². The van der Waals surface area contributed by atoms with E-state index in [2.05, 4.69) is 119 Å². The number of nitrogens with one attached hydrogen (secondary N) is 1. The van der Waals surface area contributed by atoms with Gasteiger partial charge in [-0.3, -0.25) is 0 Å². The fourth-order valence-corrected chi connectivity index (χ4v) is 4.44. The van der Waals surface area contributed by atoms with Crippen LogP contribution in [0, 0.1) is 27.1 Å². The molecule has 4 nitrogen and oxygen atoms in total. The van der Waals surface area contributed by atoms with Crippen molar-refractivity contribution in [2.75, 3.05) is 60.5 Å². The number of aliphatic hydroxyl groups excluding tert-OH is 1. The van der Waals surface area contributed by atoms with E-state index in [9.17, 15) is 0 Å². The highest BCUT2D eigenvalue weighted by atomic mass is 16.3. The van der Waals surface area contributed by atoms with Crippen molar-refractivity contribution in [1.82, 2.24) is 15.1 Å². The molecule has 1 heterocycles. The van der Waals surface area contributed by atoms with Crippen LogP contribution >= 0.6 is 0 Å². The van der Waals surface area contributed by atoms with Crippen LogP contribution in [0.5, 0.6) is 0 Å². The second kappa shape index (κ2) is 28.7. The van der Waals surface area contributed by atoms with E-state index in [0.29, 0.717) is 21.7 Å². The molecule has 0 aromatic rings. The topological polar surface area (TPSA) is 38.7 Å². The Morgan fingerprint density at radius 1 is 0.565 bits per heavy atom. The third kappa shape index (κ3) is 62.6. The summed E-state index contributed by atoms with van der Waals surface area (Å²) in [4.78, 5) is 4.88. The van der Waals surface area contributed by atoms with Gasteiger partial charge in [0.15, 0.2) is 0 Å². The van der Waals surface area contributed by atoms with Gasteiger partial charge in [-0.1, -0.05) is 130 Å². The standard InChI is InChI=1S/C12H25N.C9H21N.C8H19N.C8H18.C5H12O/c1-12(2,3)8-7-11-13-9-5-4-6-10-13;1-9(2,3)7-6-8-10(4)5;1-8(2,3)6-5-7-9-4;1-5-6-7-8(2,3)4;1-5(2,3)4-6/h4-11H2,1-3H3;6-8H2,1-5H3;9H,5-7H2,1-4H3;5-7H2,1-4H3;6H,4H2,1-3H3. The van der Waals surface area contributed by atoms with E-state index in [4.69, 9.17) is 5.11 Å². The highest BCUT2D eigenvalue weighted by Gasteiger charge is 2.13. The molecule has 1 saturated heterocycles. The van der Waals surface area contributed by atoms with Gasteiger partial charge in [0.05, 0.1) is 0 Å². The molecule has 0 atom stereocenters. The number of rotatable bonds is 11. The first-order valence-corrected chi connectivity index (χ1v) is 19.3. The maximum Gasteiger partial charge on any atom is 0.0479 e. The predicted octanol–water partition coefficient (Wildman–Crippen LogP) is 12.0. The molecule has 0 spiro atoms. The van der Waals surface area contributed by atoms with Crippen molar-refractivity contribution >= 4 is 0 Å². The zero-order chi connectivity index (χ0) is 37.1. The molecule has 284 valence electrons. The van der Waals surface area contributed by atoms with Crippen LogP contribution in [-0.2, 0) is 0 Å². The van der Waals surface area contributed by atoms with Crippen molar-refractivity contribution in [2.45, 2.75) is 188 Å². The highest BCUT2D eigenvalue weighted by molar-refractivity contribution is 4.67. The van der Waals surface area contributed by atoms with Crippen LogP contribution in [0.25, 0.3) is 0 Å². The maximum atomic E-state index is 8.40. The maximum absolute atomic E-state index is 8.40. The van der Waals surface area contributed by atoms with E-state index in [-0.39, 0.29) is 12.0 Å². The molecule has 1 aliphatic heterocycles. The third-order valence-electron chi connectivity index (χ3n) is 7.49. The molecule has 1 fully saturated rings. The van der Waals surface area contributed by atoms with Crippen LogP contribution in [0.2, 0.25) is 0 Å². The summed E-state index contributed by atoms with van der Waals surface area (Å²) in [7, 11) is 6.26. The number of hydrogen-bond donors (Lipinski definition) is 2. The predicted molar refractivity (Wildman–Crippen MR) is 214 cm³/mol. The molecule has 1 rings (SSSR count). The SMILES string of the molecule is CC(C)(C)CCCN1CCCCC1.CC(C)(C)CO.CCCCC(C)(C)C.CN(C)CCCC(C)(C)C.CNCCCC(C)(C)C. The minimum atomic E-state index is 0.0972. The molecule has 0 radical (unpaired) electrons. The summed E-state index contributed by atoms with van der Waals surface area (Å²) < 4.78 is 0. The van der Waals surface area contributed by atoms with E-state index < -0.39 is 0 Å². The fourth-order valence-electron chi connectivity index (χ4n) is 4.44. The van der Waals surface area contributed by atoms with E-state index in [1.165, 1.54) is 103 Å². The average molecular weight is 658 g/mol.